The molecule has 8 heavy (non-hydrogen) atoms. The Kier molecular flexibility index (Phi) is 2.61. The van der Waals surface area contributed by atoms with E-state index in [1.807, 2.05) is 0 Å². The van der Waals surface area contributed by atoms with Gasteiger partial charge < -0.3 is 0 Å². The van der Waals surface area contributed by atoms with Crippen molar-refractivity contribution in [2.24, 2.45) is 5.10 Å². The molecule has 4 nitrogen and oxygen atoms in total. The van der Waals surface area contributed by atoms with Crippen LogP contribution in [-0.4, -0.2) is 24.6 Å². The minimum absolute atomic E-state index is 0.400. The van der Waals surface area contributed by atoms with Crippen molar-refractivity contribution >= 4 is 12.6 Å². The maximum Gasteiger partial charge on any atom is 0.113 e. The van der Waals surface area contributed by atoms with Crippen LogP contribution in [0.3, 0.4) is 0 Å². The molecule has 0 rings (SSSR count). The molecule has 4 heteroatoms. The lowest BCUT2D eigenvalue weighted by atomic mass is 10.7. The highest BCUT2D eigenvalue weighted by atomic mass is 15.6. The van der Waals surface area contributed by atoms with Crippen LogP contribution in [0.5, 0.6) is 0 Å². The van der Waals surface area contributed by atoms with Crippen molar-refractivity contribution in [2.45, 2.75) is 6.92 Å². The molecule has 2 N–H and O–H groups in total. The molecule has 0 atom stereocenters. The Morgan fingerprint density at radius 3 is 2.50 bits per heavy atom. The van der Waals surface area contributed by atoms with E-state index in [1.165, 1.54) is 5.01 Å². The fourth-order valence-corrected chi connectivity index (χ4v) is 0.181. The average Bonchev–Trinajstić information content (AvgIpc) is 1.67. The van der Waals surface area contributed by atoms with Gasteiger partial charge in [-0.1, -0.05) is 0 Å². The largest absolute Gasteiger partial charge is 0.287 e. The molecule has 0 aliphatic rings. The van der Waals surface area contributed by atoms with E-state index in [0.717, 1.165) is 0 Å². The average molecular weight is 114 g/mol. The van der Waals surface area contributed by atoms with Crippen molar-refractivity contribution < 1.29 is 0 Å². The third-order valence-electron chi connectivity index (χ3n) is 0.724. The third kappa shape index (κ3) is 2.17. The predicted octanol–water partition coefficient (Wildman–Crippen LogP) is 0.0356. The van der Waals surface area contributed by atoms with Crippen LogP contribution in [0, 0.1) is 5.41 Å². The van der Waals surface area contributed by atoms with Gasteiger partial charge in [-0.2, -0.15) is 5.10 Å². The lowest BCUT2D eigenvalue weighted by molar-refractivity contribution is 0.377. The van der Waals surface area contributed by atoms with Gasteiger partial charge in [0.2, 0.25) is 0 Å². The highest BCUT2D eigenvalue weighted by Gasteiger charge is 1.90. The molecule has 0 bridgehead atoms. The van der Waals surface area contributed by atoms with Crippen molar-refractivity contribution in [2.75, 3.05) is 7.05 Å². The molecule has 0 aromatic rings. The van der Waals surface area contributed by atoms with Gasteiger partial charge in [-0.25, -0.2) is 5.53 Å². The first-order valence-corrected chi connectivity index (χ1v) is 2.18. The Bertz CT molecular complexity index is 98.2. The molecule has 0 spiro atoms. The van der Waals surface area contributed by atoms with E-state index in [2.05, 4.69) is 17.4 Å². The molecular formula is C4H10N4. The molecule has 0 amide bonds. The normalized spacial score (nSPS) is 7.75. The molecule has 0 aromatic heterocycles. The summed E-state index contributed by atoms with van der Waals surface area (Å²) in [6, 6.07) is 0. The zero-order chi connectivity index (χ0) is 6.57. The minimum Gasteiger partial charge on any atom is -0.287 e. The number of hydrogen-bond donors (Lipinski definition) is 2. The van der Waals surface area contributed by atoms with Crippen LogP contribution >= 0.6 is 0 Å². The van der Waals surface area contributed by atoms with Gasteiger partial charge in [0.05, 0.1) is 0 Å². The Labute approximate surface area is 48.7 Å². The maximum absolute atomic E-state index is 6.98. The molecule has 0 fully saturated rings. The van der Waals surface area contributed by atoms with Crippen molar-refractivity contribution in [3.05, 3.63) is 0 Å². The van der Waals surface area contributed by atoms with E-state index in [0.29, 0.717) is 5.84 Å². The van der Waals surface area contributed by atoms with Gasteiger partial charge in [0.15, 0.2) is 0 Å². The Morgan fingerprint density at radius 1 is 1.88 bits per heavy atom. The molecule has 0 aliphatic heterocycles. The zero-order valence-corrected chi connectivity index (χ0v) is 5.10. The Hall–Kier alpha value is -1.06. The van der Waals surface area contributed by atoms with Crippen LogP contribution in [0.4, 0.5) is 0 Å². The van der Waals surface area contributed by atoms with Crippen LogP contribution in [-0.2, 0) is 0 Å². The summed E-state index contributed by atoms with van der Waals surface area (Å²) in [4.78, 5) is 0. The van der Waals surface area contributed by atoms with E-state index in [1.54, 1.807) is 14.0 Å². The number of nitrogens with one attached hydrogen (secondary N) is 2. The maximum atomic E-state index is 6.98. The summed E-state index contributed by atoms with van der Waals surface area (Å²) < 4.78 is 0. The number of rotatable bonds is 2. The first-order valence-electron chi connectivity index (χ1n) is 2.18. The lowest BCUT2D eigenvalue weighted by Crippen LogP contribution is -2.33. The molecule has 0 aliphatic carbocycles. The second-order valence-corrected chi connectivity index (χ2v) is 1.40. The Morgan fingerprint density at radius 2 is 2.38 bits per heavy atom. The summed E-state index contributed by atoms with van der Waals surface area (Å²) in [5.74, 6) is 0.400. The number of amidine groups is 1. The molecule has 0 unspecified atom stereocenters. The van der Waals surface area contributed by atoms with Crippen molar-refractivity contribution in [3.63, 3.8) is 0 Å². The first kappa shape index (κ1) is 6.94. The molecule has 0 saturated carbocycles. The lowest BCUT2D eigenvalue weighted by Gasteiger charge is -2.13. The van der Waals surface area contributed by atoms with Crippen LogP contribution in [0.15, 0.2) is 5.10 Å². The number of hydrogen-bond acceptors (Lipinski definition) is 3. The highest BCUT2D eigenvalue weighted by Crippen LogP contribution is 1.73. The van der Waals surface area contributed by atoms with Gasteiger partial charge in [-0.3, -0.25) is 10.4 Å². The molecule has 0 saturated heterocycles. The SMILES string of the molecule is C=NNN(C)C(C)=N. The second kappa shape index (κ2) is 3.01. The van der Waals surface area contributed by atoms with Crippen molar-refractivity contribution in [1.82, 2.24) is 10.5 Å². The highest BCUT2D eigenvalue weighted by molar-refractivity contribution is 5.75. The van der Waals surface area contributed by atoms with E-state index in [9.17, 15) is 0 Å². The van der Waals surface area contributed by atoms with E-state index >= 15 is 0 Å². The van der Waals surface area contributed by atoms with Crippen molar-refractivity contribution in [1.29, 1.82) is 5.41 Å². The van der Waals surface area contributed by atoms with Crippen molar-refractivity contribution in [3.8, 4) is 0 Å². The fourth-order valence-electron chi connectivity index (χ4n) is 0.181. The van der Waals surface area contributed by atoms with Crippen LogP contribution in [0.25, 0.3) is 0 Å². The number of hydrazine groups is 1. The first-order chi connectivity index (χ1) is 3.68. The topological polar surface area (TPSA) is 51.5 Å². The quantitative estimate of drug-likeness (QED) is 0.302. The minimum atomic E-state index is 0.400. The van der Waals surface area contributed by atoms with E-state index in [4.69, 9.17) is 5.41 Å². The van der Waals surface area contributed by atoms with Crippen LogP contribution < -0.4 is 5.53 Å². The zero-order valence-electron chi connectivity index (χ0n) is 5.10. The van der Waals surface area contributed by atoms with E-state index in [-0.39, 0.29) is 0 Å². The third-order valence-corrected chi connectivity index (χ3v) is 0.724. The molecular weight excluding hydrogens is 104 g/mol. The van der Waals surface area contributed by atoms with Gasteiger partial charge in [0.25, 0.3) is 0 Å². The van der Waals surface area contributed by atoms with Gasteiger partial charge in [0, 0.05) is 13.8 Å². The smallest absolute Gasteiger partial charge is 0.113 e. The van der Waals surface area contributed by atoms with Crippen LogP contribution in [0.1, 0.15) is 6.92 Å². The summed E-state index contributed by atoms with van der Waals surface area (Å²) in [6.45, 7) is 4.83. The standard InChI is InChI=1S/C4H10N4/c1-4(5)8(3)7-6-2/h5,7H,2H2,1,3H3. The van der Waals surface area contributed by atoms with Gasteiger partial charge in [0.1, 0.15) is 5.84 Å². The second-order valence-electron chi connectivity index (χ2n) is 1.40. The van der Waals surface area contributed by atoms with Gasteiger partial charge >= 0.3 is 0 Å². The summed E-state index contributed by atoms with van der Waals surface area (Å²) >= 11 is 0. The monoisotopic (exact) mass is 114 g/mol. The summed E-state index contributed by atoms with van der Waals surface area (Å²) in [7, 11) is 1.69. The summed E-state index contributed by atoms with van der Waals surface area (Å²) in [6.07, 6.45) is 0. The Balaban J connectivity index is 3.46. The molecule has 46 valence electrons. The van der Waals surface area contributed by atoms with Crippen LogP contribution in [0.2, 0.25) is 0 Å². The molecule has 0 aromatic carbocycles. The van der Waals surface area contributed by atoms with Gasteiger partial charge in [-0.15, -0.1) is 0 Å². The summed E-state index contributed by atoms with van der Waals surface area (Å²) in [5, 5.41) is 11.8. The van der Waals surface area contributed by atoms with E-state index < -0.39 is 0 Å². The number of nitrogens with zero attached hydrogens (tertiary/aromatic N) is 2. The number of hydrazone groups is 1. The summed E-state index contributed by atoms with van der Waals surface area (Å²) in [5.41, 5.74) is 2.47. The van der Waals surface area contributed by atoms with Gasteiger partial charge in [-0.05, 0) is 6.92 Å². The molecule has 0 heterocycles. The fraction of sp³-hybridized carbons (Fsp3) is 0.500. The molecule has 0 radical (unpaired) electrons. The predicted molar refractivity (Wildman–Crippen MR) is 33.8 cm³/mol.